The molecule has 1 aromatic heterocycles. The van der Waals surface area contributed by atoms with Gasteiger partial charge in [-0.15, -0.1) is 11.3 Å². The summed E-state index contributed by atoms with van der Waals surface area (Å²) in [6.07, 6.45) is 3.31. The SMILES string of the molecule is CCCc1sc(C(=O)OCC(=O)NCCc2ccc(S(N)(=O)=O)cc2)cc1CC. The van der Waals surface area contributed by atoms with Crippen molar-refractivity contribution in [2.24, 2.45) is 5.14 Å². The lowest BCUT2D eigenvalue weighted by molar-refractivity contribution is -0.124. The van der Waals surface area contributed by atoms with E-state index in [0.29, 0.717) is 17.8 Å². The van der Waals surface area contributed by atoms with E-state index >= 15 is 0 Å². The second-order valence-electron chi connectivity index (χ2n) is 6.53. The van der Waals surface area contributed by atoms with Crippen LogP contribution in [-0.4, -0.2) is 33.4 Å². The van der Waals surface area contributed by atoms with Crippen molar-refractivity contribution in [3.63, 3.8) is 0 Å². The number of rotatable bonds is 10. The van der Waals surface area contributed by atoms with E-state index in [-0.39, 0.29) is 17.4 Å². The molecule has 0 atom stereocenters. The molecule has 0 bridgehead atoms. The van der Waals surface area contributed by atoms with Crippen molar-refractivity contribution in [3.05, 3.63) is 51.2 Å². The summed E-state index contributed by atoms with van der Waals surface area (Å²) in [6.45, 7) is 4.14. The molecule has 1 heterocycles. The van der Waals surface area contributed by atoms with Crippen LogP contribution in [0.25, 0.3) is 0 Å². The van der Waals surface area contributed by atoms with Crippen molar-refractivity contribution in [2.75, 3.05) is 13.2 Å². The molecule has 2 rings (SSSR count). The van der Waals surface area contributed by atoms with Gasteiger partial charge in [0.1, 0.15) is 4.88 Å². The van der Waals surface area contributed by atoms with Crippen molar-refractivity contribution in [2.45, 2.75) is 44.4 Å². The number of sulfonamides is 1. The predicted octanol–water partition coefficient (Wildman–Crippen LogP) is 2.43. The van der Waals surface area contributed by atoms with Gasteiger partial charge in [0.25, 0.3) is 5.91 Å². The number of hydrogen-bond donors (Lipinski definition) is 2. The first-order chi connectivity index (χ1) is 13.7. The molecule has 0 spiro atoms. The summed E-state index contributed by atoms with van der Waals surface area (Å²) in [7, 11) is -3.72. The Bertz CT molecular complexity index is 950. The quantitative estimate of drug-likeness (QED) is 0.553. The highest BCUT2D eigenvalue weighted by molar-refractivity contribution is 7.89. The molecule has 0 saturated heterocycles. The van der Waals surface area contributed by atoms with E-state index in [4.69, 9.17) is 9.88 Å². The molecule has 0 aliphatic heterocycles. The van der Waals surface area contributed by atoms with Crippen LogP contribution < -0.4 is 10.5 Å². The zero-order chi connectivity index (χ0) is 21.4. The summed E-state index contributed by atoms with van der Waals surface area (Å²) in [6, 6.07) is 7.98. The number of hydrogen-bond acceptors (Lipinski definition) is 6. The lowest BCUT2D eigenvalue weighted by Gasteiger charge is -2.06. The van der Waals surface area contributed by atoms with Gasteiger partial charge in [0.2, 0.25) is 10.0 Å². The molecule has 29 heavy (non-hydrogen) atoms. The maximum Gasteiger partial charge on any atom is 0.348 e. The molecule has 1 aromatic carbocycles. The smallest absolute Gasteiger partial charge is 0.348 e. The minimum atomic E-state index is -3.72. The average molecular weight is 439 g/mol. The van der Waals surface area contributed by atoms with Gasteiger partial charge in [0, 0.05) is 11.4 Å². The number of esters is 1. The van der Waals surface area contributed by atoms with Gasteiger partial charge in [0.05, 0.1) is 4.90 Å². The summed E-state index contributed by atoms with van der Waals surface area (Å²) >= 11 is 1.43. The van der Waals surface area contributed by atoms with Crippen molar-refractivity contribution in [1.29, 1.82) is 0 Å². The fourth-order valence-electron chi connectivity index (χ4n) is 2.75. The normalized spacial score (nSPS) is 11.3. The number of carbonyl (C=O) groups excluding carboxylic acids is 2. The van der Waals surface area contributed by atoms with Gasteiger partial charge in [-0.1, -0.05) is 32.4 Å². The Morgan fingerprint density at radius 3 is 2.41 bits per heavy atom. The molecule has 0 saturated carbocycles. The molecule has 0 unspecified atom stereocenters. The van der Waals surface area contributed by atoms with Crippen LogP contribution in [0.3, 0.4) is 0 Å². The lowest BCUT2D eigenvalue weighted by Crippen LogP contribution is -2.30. The minimum Gasteiger partial charge on any atom is -0.451 e. The molecular formula is C20H26N2O5S2. The average Bonchev–Trinajstić information content (AvgIpc) is 3.09. The van der Waals surface area contributed by atoms with Crippen LogP contribution in [-0.2, 0) is 38.8 Å². The first-order valence-corrected chi connectivity index (χ1v) is 11.8. The van der Waals surface area contributed by atoms with E-state index in [1.807, 2.05) is 13.0 Å². The number of amides is 1. The topological polar surface area (TPSA) is 116 Å². The molecule has 0 aliphatic rings. The van der Waals surface area contributed by atoms with Crippen LogP contribution in [0, 0.1) is 0 Å². The van der Waals surface area contributed by atoms with Crippen molar-refractivity contribution in [1.82, 2.24) is 5.32 Å². The highest BCUT2D eigenvalue weighted by Crippen LogP contribution is 2.25. The maximum atomic E-state index is 12.2. The summed E-state index contributed by atoms with van der Waals surface area (Å²) < 4.78 is 27.6. The summed E-state index contributed by atoms with van der Waals surface area (Å²) in [4.78, 5) is 25.9. The Morgan fingerprint density at radius 2 is 1.83 bits per heavy atom. The lowest BCUT2D eigenvalue weighted by atomic mass is 10.1. The number of carbonyl (C=O) groups is 2. The Labute approximate surface area is 175 Å². The van der Waals surface area contributed by atoms with E-state index in [1.165, 1.54) is 28.3 Å². The van der Waals surface area contributed by atoms with Crippen LogP contribution in [0.5, 0.6) is 0 Å². The number of nitrogens with one attached hydrogen (secondary N) is 1. The summed E-state index contributed by atoms with van der Waals surface area (Å²) in [5, 5.41) is 7.73. The number of nitrogens with two attached hydrogens (primary N) is 1. The van der Waals surface area contributed by atoms with Crippen LogP contribution >= 0.6 is 11.3 Å². The second kappa shape index (κ2) is 10.5. The third-order valence-corrected chi connectivity index (χ3v) is 6.42. The zero-order valence-electron chi connectivity index (χ0n) is 16.6. The van der Waals surface area contributed by atoms with E-state index in [2.05, 4.69) is 12.2 Å². The highest BCUT2D eigenvalue weighted by Gasteiger charge is 2.16. The number of primary sulfonamides is 1. The molecule has 1 amide bonds. The molecule has 0 fully saturated rings. The van der Waals surface area contributed by atoms with Gasteiger partial charge in [0.15, 0.2) is 6.61 Å². The third-order valence-electron chi connectivity index (χ3n) is 4.28. The van der Waals surface area contributed by atoms with Crippen LogP contribution in [0.15, 0.2) is 35.2 Å². The van der Waals surface area contributed by atoms with Gasteiger partial charge >= 0.3 is 5.97 Å². The molecule has 7 nitrogen and oxygen atoms in total. The Hall–Kier alpha value is -2.23. The number of ether oxygens (including phenoxy) is 1. The monoisotopic (exact) mass is 438 g/mol. The molecule has 0 aliphatic carbocycles. The van der Waals surface area contributed by atoms with E-state index in [1.54, 1.807) is 12.1 Å². The van der Waals surface area contributed by atoms with Crippen LogP contribution in [0.2, 0.25) is 0 Å². The fourth-order valence-corrected chi connectivity index (χ4v) is 4.52. The highest BCUT2D eigenvalue weighted by atomic mass is 32.2. The molecule has 3 N–H and O–H groups in total. The van der Waals surface area contributed by atoms with E-state index < -0.39 is 16.0 Å². The number of thiophene rings is 1. The zero-order valence-corrected chi connectivity index (χ0v) is 18.2. The molecule has 158 valence electrons. The summed E-state index contributed by atoms with van der Waals surface area (Å²) in [5.41, 5.74) is 2.01. The van der Waals surface area contributed by atoms with Gasteiger partial charge in [-0.05, 0) is 48.6 Å². The third kappa shape index (κ3) is 6.95. The maximum absolute atomic E-state index is 12.2. The van der Waals surface area contributed by atoms with Gasteiger partial charge in [-0.25, -0.2) is 18.4 Å². The number of aryl methyl sites for hydroxylation is 2. The fraction of sp³-hybridized carbons (Fsp3) is 0.400. The Morgan fingerprint density at radius 1 is 1.14 bits per heavy atom. The van der Waals surface area contributed by atoms with Crippen LogP contribution in [0.1, 0.15) is 45.9 Å². The summed E-state index contributed by atoms with van der Waals surface area (Å²) in [5.74, 6) is -0.874. The van der Waals surface area contributed by atoms with Gasteiger partial charge < -0.3 is 10.1 Å². The second-order valence-corrected chi connectivity index (χ2v) is 9.23. The van der Waals surface area contributed by atoms with E-state index in [0.717, 1.165) is 30.4 Å². The van der Waals surface area contributed by atoms with Crippen molar-refractivity contribution in [3.8, 4) is 0 Å². The first kappa shape index (κ1) is 23.1. The number of benzene rings is 1. The minimum absolute atomic E-state index is 0.0408. The molecule has 0 radical (unpaired) electrons. The van der Waals surface area contributed by atoms with Crippen molar-refractivity contribution < 1.29 is 22.7 Å². The molecule has 2 aromatic rings. The van der Waals surface area contributed by atoms with E-state index in [9.17, 15) is 18.0 Å². The van der Waals surface area contributed by atoms with Crippen LogP contribution in [0.4, 0.5) is 0 Å². The predicted molar refractivity (Wildman–Crippen MR) is 113 cm³/mol. The van der Waals surface area contributed by atoms with Gasteiger partial charge in [-0.3, -0.25) is 4.79 Å². The molecule has 9 heteroatoms. The van der Waals surface area contributed by atoms with Gasteiger partial charge in [-0.2, -0.15) is 0 Å². The standard InChI is InChI=1S/C20H26N2O5S2/c1-3-5-17-15(4-2)12-18(28-17)20(24)27-13-19(23)22-11-10-14-6-8-16(9-7-14)29(21,25)26/h6-9,12H,3-5,10-11,13H2,1-2H3,(H,22,23)(H2,21,25,26). The Kier molecular flexibility index (Phi) is 8.36. The van der Waals surface area contributed by atoms with Crippen molar-refractivity contribution >= 4 is 33.2 Å². The first-order valence-electron chi connectivity index (χ1n) is 9.41. The Balaban J connectivity index is 1.77. The molecular weight excluding hydrogens is 412 g/mol. The largest absolute Gasteiger partial charge is 0.451 e.